The van der Waals surface area contributed by atoms with Gasteiger partial charge in [0.25, 0.3) is 0 Å². The summed E-state index contributed by atoms with van der Waals surface area (Å²) in [5.41, 5.74) is 6.91. The van der Waals surface area contributed by atoms with E-state index in [2.05, 4.69) is 0 Å². The van der Waals surface area contributed by atoms with Gasteiger partial charge >= 0.3 is 0 Å². The van der Waals surface area contributed by atoms with Crippen LogP contribution in [-0.2, 0) is 0 Å². The molecular formula is C12H18FNOS. The highest BCUT2D eigenvalue weighted by Gasteiger charge is 2.19. The fourth-order valence-electron chi connectivity index (χ4n) is 1.54. The van der Waals surface area contributed by atoms with E-state index in [1.165, 1.54) is 12.1 Å². The van der Waals surface area contributed by atoms with Gasteiger partial charge in [-0.3, -0.25) is 0 Å². The molecule has 0 saturated heterocycles. The average Bonchev–Trinajstić information content (AvgIpc) is 2.29. The summed E-state index contributed by atoms with van der Waals surface area (Å²) in [6.07, 6.45) is 0.833. The lowest BCUT2D eigenvalue weighted by atomic mass is 10.0. The van der Waals surface area contributed by atoms with Crippen LogP contribution in [0.4, 0.5) is 4.39 Å². The molecule has 90 valence electrons. The minimum atomic E-state index is -0.240. The number of benzene rings is 1. The second-order valence-electron chi connectivity index (χ2n) is 3.64. The SMILES string of the molecule is CCC(N)C(SCCO)c1cccc(F)c1. The monoisotopic (exact) mass is 243 g/mol. The van der Waals surface area contributed by atoms with Crippen molar-refractivity contribution < 1.29 is 9.50 Å². The van der Waals surface area contributed by atoms with E-state index >= 15 is 0 Å². The molecule has 2 nitrogen and oxygen atoms in total. The molecule has 0 aromatic heterocycles. The van der Waals surface area contributed by atoms with Gasteiger partial charge in [-0.15, -0.1) is 11.8 Å². The van der Waals surface area contributed by atoms with Crippen LogP contribution in [0.2, 0.25) is 0 Å². The summed E-state index contributed by atoms with van der Waals surface area (Å²) in [5.74, 6) is 0.380. The molecule has 16 heavy (non-hydrogen) atoms. The number of hydrogen-bond acceptors (Lipinski definition) is 3. The normalized spacial score (nSPS) is 14.8. The molecule has 0 aliphatic carbocycles. The van der Waals surface area contributed by atoms with Gasteiger partial charge in [-0.25, -0.2) is 4.39 Å². The van der Waals surface area contributed by atoms with Crippen molar-refractivity contribution >= 4 is 11.8 Å². The minimum Gasteiger partial charge on any atom is -0.396 e. The maximum absolute atomic E-state index is 13.1. The van der Waals surface area contributed by atoms with Gasteiger partial charge in [0, 0.05) is 17.0 Å². The molecular weight excluding hydrogens is 225 g/mol. The summed E-state index contributed by atoms with van der Waals surface area (Å²) >= 11 is 1.57. The predicted molar refractivity (Wildman–Crippen MR) is 67.0 cm³/mol. The van der Waals surface area contributed by atoms with E-state index in [-0.39, 0.29) is 23.7 Å². The Labute approximate surface area is 100 Å². The van der Waals surface area contributed by atoms with Crippen LogP contribution in [0.3, 0.4) is 0 Å². The number of nitrogens with two attached hydrogens (primary N) is 1. The Morgan fingerprint density at radius 1 is 1.50 bits per heavy atom. The van der Waals surface area contributed by atoms with Crippen molar-refractivity contribution in [1.29, 1.82) is 0 Å². The number of rotatable bonds is 6. The van der Waals surface area contributed by atoms with Crippen molar-refractivity contribution in [2.75, 3.05) is 12.4 Å². The van der Waals surface area contributed by atoms with Gasteiger partial charge in [0.1, 0.15) is 5.82 Å². The number of aliphatic hydroxyl groups is 1. The first-order chi connectivity index (χ1) is 7.69. The maximum atomic E-state index is 13.1. The summed E-state index contributed by atoms with van der Waals surface area (Å²) in [4.78, 5) is 0. The lowest BCUT2D eigenvalue weighted by Crippen LogP contribution is -2.26. The first kappa shape index (κ1) is 13.5. The van der Waals surface area contributed by atoms with Crippen LogP contribution in [0.15, 0.2) is 24.3 Å². The van der Waals surface area contributed by atoms with Crippen LogP contribution in [0.5, 0.6) is 0 Å². The summed E-state index contributed by atoms with van der Waals surface area (Å²) in [7, 11) is 0. The standard InChI is InChI=1S/C12H18FNOS/c1-2-11(14)12(16-7-6-15)9-4-3-5-10(13)8-9/h3-5,8,11-12,15H,2,6-7,14H2,1H3. The van der Waals surface area contributed by atoms with E-state index in [0.29, 0.717) is 5.75 Å². The van der Waals surface area contributed by atoms with Crippen molar-refractivity contribution in [3.05, 3.63) is 35.6 Å². The molecule has 0 fully saturated rings. The molecule has 0 heterocycles. The lowest BCUT2D eigenvalue weighted by molar-refractivity contribution is 0.322. The highest BCUT2D eigenvalue weighted by atomic mass is 32.2. The van der Waals surface area contributed by atoms with Crippen molar-refractivity contribution in [3.63, 3.8) is 0 Å². The van der Waals surface area contributed by atoms with Gasteiger partial charge in [0.2, 0.25) is 0 Å². The summed E-state index contributed by atoms with van der Waals surface area (Å²) in [6.45, 7) is 2.13. The average molecular weight is 243 g/mol. The number of thioether (sulfide) groups is 1. The largest absolute Gasteiger partial charge is 0.396 e. The van der Waals surface area contributed by atoms with E-state index in [0.717, 1.165) is 12.0 Å². The minimum absolute atomic E-state index is 0.0154. The topological polar surface area (TPSA) is 46.2 Å². The van der Waals surface area contributed by atoms with Crippen LogP contribution < -0.4 is 5.73 Å². The van der Waals surface area contributed by atoms with Gasteiger partial charge in [-0.05, 0) is 24.1 Å². The Morgan fingerprint density at radius 3 is 2.81 bits per heavy atom. The van der Waals surface area contributed by atoms with Gasteiger partial charge in [-0.1, -0.05) is 19.1 Å². The van der Waals surface area contributed by atoms with Crippen LogP contribution >= 0.6 is 11.8 Å². The molecule has 0 spiro atoms. The molecule has 3 N–H and O–H groups in total. The Balaban J connectivity index is 2.82. The van der Waals surface area contributed by atoms with Crippen molar-refractivity contribution in [1.82, 2.24) is 0 Å². The molecule has 0 aliphatic rings. The van der Waals surface area contributed by atoms with Gasteiger partial charge in [0.05, 0.1) is 6.61 Å². The summed E-state index contributed by atoms with van der Waals surface area (Å²) in [6, 6.07) is 6.50. The Kier molecular flexibility index (Phi) is 5.80. The van der Waals surface area contributed by atoms with E-state index in [4.69, 9.17) is 10.8 Å². The third kappa shape index (κ3) is 3.77. The quantitative estimate of drug-likeness (QED) is 0.806. The van der Waals surface area contributed by atoms with Crippen LogP contribution in [-0.4, -0.2) is 23.5 Å². The molecule has 0 bridgehead atoms. The number of aliphatic hydroxyl groups excluding tert-OH is 1. The molecule has 1 aromatic carbocycles. The number of halogens is 1. The van der Waals surface area contributed by atoms with E-state index < -0.39 is 0 Å². The first-order valence-electron chi connectivity index (χ1n) is 5.42. The molecule has 0 radical (unpaired) electrons. The Bertz CT molecular complexity index is 322. The fourth-order valence-corrected chi connectivity index (χ4v) is 2.68. The zero-order valence-corrected chi connectivity index (χ0v) is 10.2. The van der Waals surface area contributed by atoms with Gasteiger partial charge < -0.3 is 10.8 Å². The van der Waals surface area contributed by atoms with E-state index in [9.17, 15) is 4.39 Å². The van der Waals surface area contributed by atoms with Crippen LogP contribution in [0.1, 0.15) is 24.2 Å². The van der Waals surface area contributed by atoms with Gasteiger partial charge in [0.15, 0.2) is 0 Å². The zero-order valence-electron chi connectivity index (χ0n) is 9.40. The third-order valence-electron chi connectivity index (χ3n) is 2.43. The molecule has 1 rings (SSSR count). The lowest BCUT2D eigenvalue weighted by Gasteiger charge is -2.22. The predicted octanol–water partition coefficient (Wildman–Crippen LogP) is 2.33. The molecule has 2 atom stereocenters. The molecule has 1 aromatic rings. The molecule has 2 unspecified atom stereocenters. The summed E-state index contributed by atoms with van der Waals surface area (Å²) < 4.78 is 13.1. The van der Waals surface area contributed by atoms with Crippen LogP contribution in [0, 0.1) is 5.82 Å². The molecule has 0 aliphatic heterocycles. The van der Waals surface area contributed by atoms with Crippen molar-refractivity contribution in [2.45, 2.75) is 24.6 Å². The zero-order chi connectivity index (χ0) is 12.0. The Hall–Kier alpha value is -0.580. The first-order valence-corrected chi connectivity index (χ1v) is 6.47. The third-order valence-corrected chi connectivity index (χ3v) is 3.83. The smallest absolute Gasteiger partial charge is 0.123 e. The highest BCUT2D eigenvalue weighted by Crippen LogP contribution is 2.32. The van der Waals surface area contributed by atoms with Crippen molar-refractivity contribution in [3.8, 4) is 0 Å². The fraction of sp³-hybridized carbons (Fsp3) is 0.500. The second-order valence-corrected chi connectivity index (χ2v) is 4.89. The van der Waals surface area contributed by atoms with E-state index in [1.54, 1.807) is 17.8 Å². The van der Waals surface area contributed by atoms with Crippen molar-refractivity contribution in [2.24, 2.45) is 5.73 Å². The molecule has 4 heteroatoms. The summed E-state index contributed by atoms with van der Waals surface area (Å²) in [5, 5.41) is 8.88. The van der Waals surface area contributed by atoms with Crippen LogP contribution in [0.25, 0.3) is 0 Å². The van der Waals surface area contributed by atoms with Gasteiger partial charge in [-0.2, -0.15) is 0 Å². The highest BCUT2D eigenvalue weighted by molar-refractivity contribution is 7.99. The molecule has 0 amide bonds. The number of hydrogen-bond donors (Lipinski definition) is 2. The maximum Gasteiger partial charge on any atom is 0.123 e. The van der Waals surface area contributed by atoms with E-state index in [1.807, 2.05) is 13.0 Å². The Morgan fingerprint density at radius 2 is 2.25 bits per heavy atom. The second kappa shape index (κ2) is 6.89. The molecule has 0 saturated carbocycles.